The molecule has 0 aliphatic rings. The molecule has 1 rings (SSSR count). The first kappa shape index (κ1) is 14.4. The summed E-state index contributed by atoms with van der Waals surface area (Å²) >= 11 is 0. The Hall–Kier alpha value is -0.570. The van der Waals surface area contributed by atoms with Crippen LogP contribution in [0.5, 0.6) is 0 Å². The molecule has 1 unspecified atom stereocenters. The second-order valence-corrected chi connectivity index (χ2v) is 3.72. The van der Waals surface area contributed by atoms with Crippen molar-refractivity contribution in [1.29, 1.82) is 0 Å². The second kappa shape index (κ2) is 7.69. The van der Waals surface area contributed by atoms with Crippen molar-refractivity contribution in [3.05, 3.63) is 35.4 Å². The van der Waals surface area contributed by atoms with E-state index in [1.807, 2.05) is 0 Å². The zero-order chi connectivity index (χ0) is 10.4. The second-order valence-electron chi connectivity index (χ2n) is 3.72. The first-order valence-electron chi connectivity index (χ1n) is 5.00. The average molecular weight is 230 g/mol. The Morgan fingerprint density at radius 1 is 1.27 bits per heavy atom. The fourth-order valence-corrected chi connectivity index (χ4v) is 1.31. The lowest BCUT2D eigenvalue weighted by atomic mass is 10.1. The van der Waals surface area contributed by atoms with Gasteiger partial charge in [0.25, 0.3) is 0 Å². The molecule has 0 fully saturated rings. The van der Waals surface area contributed by atoms with Crippen molar-refractivity contribution in [2.45, 2.75) is 26.4 Å². The minimum absolute atomic E-state index is 0. The van der Waals surface area contributed by atoms with Gasteiger partial charge >= 0.3 is 0 Å². The molecule has 15 heavy (non-hydrogen) atoms. The molecule has 1 N–H and O–H groups in total. The molecule has 0 saturated carbocycles. The van der Waals surface area contributed by atoms with Crippen LogP contribution >= 0.6 is 12.4 Å². The van der Waals surface area contributed by atoms with Gasteiger partial charge in [-0.2, -0.15) is 0 Å². The molecule has 1 aromatic rings. The Bertz CT molecular complexity index is 261. The van der Waals surface area contributed by atoms with Gasteiger partial charge in [0.1, 0.15) is 0 Å². The fourth-order valence-electron chi connectivity index (χ4n) is 1.31. The van der Waals surface area contributed by atoms with Crippen molar-refractivity contribution < 1.29 is 4.74 Å². The normalized spacial score (nSPS) is 11.9. The van der Waals surface area contributed by atoms with Crippen molar-refractivity contribution in [2.24, 2.45) is 0 Å². The summed E-state index contributed by atoms with van der Waals surface area (Å²) in [4.78, 5) is 0. The largest absolute Gasteiger partial charge is 0.383 e. The summed E-state index contributed by atoms with van der Waals surface area (Å²) in [5, 5.41) is 3.39. The molecule has 3 heteroatoms. The van der Waals surface area contributed by atoms with E-state index in [1.54, 1.807) is 7.11 Å². The van der Waals surface area contributed by atoms with Crippen LogP contribution in [0.4, 0.5) is 0 Å². The summed E-state index contributed by atoms with van der Waals surface area (Å²) in [6.45, 7) is 5.89. The molecule has 0 bridgehead atoms. The van der Waals surface area contributed by atoms with Crippen LogP contribution in [0.15, 0.2) is 24.3 Å². The number of benzene rings is 1. The lowest BCUT2D eigenvalue weighted by molar-refractivity contribution is 0.171. The minimum Gasteiger partial charge on any atom is -0.383 e. The molecular weight excluding hydrogens is 210 g/mol. The predicted molar refractivity (Wildman–Crippen MR) is 66.6 cm³/mol. The number of rotatable bonds is 5. The summed E-state index contributed by atoms with van der Waals surface area (Å²) in [6, 6.07) is 8.99. The number of aryl methyl sites for hydroxylation is 1. The number of ether oxygens (including phenoxy) is 1. The highest BCUT2D eigenvalue weighted by Crippen LogP contribution is 2.02. The molecule has 0 radical (unpaired) electrons. The van der Waals surface area contributed by atoms with Crippen molar-refractivity contribution in [2.75, 3.05) is 13.7 Å². The van der Waals surface area contributed by atoms with Crippen molar-refractivity contribution in [3.8, 4) is 0 Å². The summed E-state index contributed by atoms with van der Waals surface area (Å²) in [5.74, 6) is 0. The third-order valence-electron chi connectivity index (χ3n) is 2.19. The number of methoxy groups -OCH3 is 1. The first-order chi connectivity index (χ1) is 6.72. The predicted octanol–water partition coefficient (Wildman–Crippen LogP) is 2.54. The lowest BCUT2D eigenvalue weighted by Crippen LogP contribution is -2.29. The van der Waals surface area contributed by atoms with Crippen LogP contribution in [0.3, 0.4) is 0 Å². The lowest BCUT2D eigenvalue weighted by Gasteiger charge is -2.12. The van der Waals surface area contributed by atoms with Gasteiger partial charge in [-0.1, -0.05) is 29.8 Å². The topological polar surface area (TPSA) is 21.3 Å². The molecule has 0 spiro atoms. The van der Waals surface area contributed by atoms with E-state index in [2.05, 4.69) is 43.4 Å². The van der Waals surface area contributed by atoms with E-state index in [0.29, 0.717) is 6.04 Å². The first-order valence-corrected chi connectivity index (χ1v) is 5.00. The fraction of sp³-hybridized carbons (Fsp3) is 0.500. The Kier molecular flexibility index (Phi) is 7.39. The monoisotopic (exact) mass is 229 g/mol. The highest BCUT2D eigenvalue weighted by molar-refractivity contribution is 5.85. The number of hydrogen-bond acceptors (Lipinski definition) is 2. The average Bonchev–Trinajstić information content (AvgIpc) is 2.17. The number of nitrogens with one attached hydrogen (secondary N) is 1. The van der Waals surface area contributed by atoms with Crippen LogP contribution in [0.25, 0.3) is 0 Å². The van der Waals surface area contributed by atoms with Crippen LogP contribution in [0, 0.1) is 6.92 Å². The van der Waals surface area contributed by atoms with Crippen molar-refractivity contribution >= 4 is 12.4 Å². The Balaban J connectivity index is 0.00000196. The van der Waals surface area contributed by atoms with E-state index >= 15 is 0 Å². The molecule has 1 aromatic carbocycles. The summed E-state index contributed by atoms with van der Waals surface area (Å²) in [6.07, 6.45) is 0. The quantitative estimate of drug-likeness (QED) is 0.838. The third-order valence-corrected chi connectivity index (χ3v) is 2.19. The van der Waals surface area contributed by atoms with Crippen LogP contribution < -0.4 is 5.32 Å². The van der Waals surface area contributed by atoms with Crippen LogP contribution in [0.2, 0.25) is 0 Å². The Labute approximate surface area is 98.4 Å². The Morgan fingerprint density at radius 2 is 1.87 bits per heavy atom. The molecule has 0 heterocycles. The highest BCUT2D eigenvalue weighted by atomic mass is 35.5. The highest BCUT2D eigenvalue weighted by Gasteiger charge is 1.99. The number of hydrogen-bond donors (Lipinski definition) is 1. The smallest absolute Gasteiger partial charge is 0.0613 e. The van der Waals surface area contributed by atoms with Crippen molar-refractivity contribution in [3.63, 3.8) is 0 Å². The molecule has 86 valence electrons. The molecule has 0 amide bonds. The molecule has 0 aliphatic carbocycles. The molecule has 0 aliphatic heterocycles. The molecule has 2 nitrogen and oxygen atoms in total. The molecule has 0 saturated heterocycles. The van der Waals surface area contributed by atoms with Crippen LogP contribution in [-0.4, -0.2) is 19.8 Å². The van der Waals surface area contributed by atoms with Gasteiger partial charge in [-0.3, -0.25) is 0 Å². The minimum atomic E-state index is 0. The summed E-state index contributed by atoms with van der Waals surface area (Å²) in [7, 11) is 1.73. The van der Waals surface area contributed by atoms with Gasteiger partial charge in [0.2, 0.25) is 0 Å². The van der Waals surface area contributed by atoms with Gasteiger partial charge in [-0.25, -0.2) is 0 Å². The van der Waals surface area contributed by atoms with Crippen LogP contribution in [0.1, 0.15) is 18.1 Å². The standard InChI is InChI=1S/C12H19NO.ClH/c1-10-4-6-12(7-5-10)8-13-11(2)9-14-3;/h4-7,11,13H,8-9H2,1-3H3;1H. The third kappa shape index (κ3) is 5.78. The Morgan fingerprint density at radius 3 is 2.40 bits per heavy atom. The maximum atomic E-state index is 5.05. The van der Waals surface area contributed by atoms with Gasteiger partial charge in [0.05, 0.1) is 6.61 Å². The van der Waals surface area contributed by atoms with Crippen LogP contribution in [-0.2, 0) is 11.3 Å². The van der Waals surface area contributed by atoms with E-state index in [1.165, 1.54) is 11.1 Å². The van der Waals surface area contributed by atoms with E-state index in [4.69, 9.17) is 4.74 Å². The number of halogens is 1. The summed E-state index contributed by atoms with van der Waals surface area (Å²) < 4.78 is 5.05. The summed E-state index contributed by atoms with van der Waals surface area (Å²) in [5.41, 5.74) is 2.62. The van der Waals surface area contributed by atoms with E-state index in [0.717, 1.165) is 13.2 Å². The SMILES string of the molecule is COCC(C)NCc1ccc(C)cc1.Cl. The zero-order valence-electron chi connectivity index (χ0n) is 9.62. The van der Waals surface area contributed by atoms with Gasteiger partial charge in [-0.05, 0) is 19.4 Å². The van der Waals surface area contributed by atoms with E-state index < -0.39 is 0 Å². The zero-order valence-corrected chi connectivity index (χ0v) is 10.4. The van der Waals surface area contributed by atoms with Gasteiger partial charge in [0, 0.05) is 19.7 Å². The van der Waals surface area contributed by atoms with E-state index in [9.17, 15) is 0 Å². The van der Waals surface area contributed by atoms with Gasteiger partial charge in [0.15, 0.2) is 0 Å². The van der Waals surface area contributed by atoms with E-state index in [-0.39, 0.29) is 12.4 Å². The van der Waals surface area contributed by atoms with Gasteiger partial charge in [-0.15, -0.1) is 12.4 Å². The maximum Gasteiger partial charge on any atom is 0.0613 e. The maximum absolute atomic E-state index is 5.05. The van der Waals surface area contributed by atoms with Gasteiger partial charge < -0.3 is 10.1 Å². The molecular formula is C12H20ClNO. The molecule has 1 atom stereocenters. The van der Waals surface area contributed by atoms with Crippen molar-refractivity contribution in [1.82, 2.24) is 5.32 Å². The molecule has 0 aromatic heterocycles.